The Morgan fingerprint density at radius 2 is 1.65 bits per heavy atom. The monoisotopic (exact) mass is 312 g/mol. The molecule has 0 aliphatic heterocycles. The lowest BCUT2D eigenvalue weighted by Gasteiger charge is -2.08. The first-order chi connectivity index (χ1) is 11.0. The van der Waals surface area contributed by atoms with Crippen molar-refractivity contribution >= 4 is 11.8 Å². The Balaban J connectivity index is 1.74. The molecule has 0 aliphatic carbocycles. The predicted molar refractivity (Wildman–Crippen MR) is 87.6 cm³/mol. The van der Waals surface area contributed by atoms with Gasteiger partial charge in [0.15, 0.2) is 0 Å². The Kier molecular flexibility index (Phi) is 5.88. The molecule has 0 radical (unpaired) electrons. The molecule has 0 saturated heterocycles. The molecule has 2 aromatic carbocycles. The molecule has 0 bridgehead atoms. The molecule has 0 atom stereocenters. The van der Waals surface area contributed by atoms with Crippen LogP contribution in [0.2, 0.25) is 0 Å². The lowest BCUT2D eigenvalue weighted by Crippen LogP contribution is -2.36. The van der Waals surface area contributed by atoms with Crippen molar-refractivity contribution in [2.75, 3.05) is 6.54 Å². The third-order valence-corrected chi connectivity index (χ3v) is 3.16. The number of benzene rings is 2. The fraction of sp³-hybridized carbons (Fsp3) is 0.222. The third-order valence-electron chi connectivity index (χ3n) is 3.16. The van der Waals surface area contributed by atoms with Gasteiger partial charge in [-0.1, -0.05) is 47.5 Å². The summed E-state index contributed by atoms with van der Waals surface area (Å²) in [4.78, 5) is 28.8. The molecule has 0 spiro atoms. The molecule has 0 aromatic heterocycles. The molecular weight excluding hydrogens is 292 g/mol. The fourth-order valence-corrected chi connectivity index (χ4v) is 2.18. The van der Waals surface area contributed by atoms with E-state index in [4.69, 9.17) is 4.84 Å². The van der Waals surface area contributed by atoms with Gasteiger partial charge in [-0.15, -0.1) is 0 Å². The van der Waals surface area contributed by atoms with Crippen LogP contribution >= 0.6 is 0 Å². The minimum Gasteiger partial charge on any atom is -0.343 e. The largest absolute Gasteiger partial charge is 0.343 e. The first-order valence-corrected chi connectivity index (χ1v) is 7.35. The van der Waals surface area contributed by atoms with Crippen molar-refractivity contribution < 1.29 is 14.4 Å². The summed E-state index contributed by atoms with van der Waals surface area (Å²) in [7, 11) is 0. The van der Waals surface area contributed by atoms with E-state index in [0.29, 0.717) is 5.56 Å². The summed E-state index contributed by atoms with van der Waals surface area (Å²) >= 11 is 0. The molecule has 2 rings (SSSR count). The second-order valence-electron chi connectivity index (χ2n) is 5.36. The zero-order valence-corrected chi connectivity index (χ0v) is 13.3. The quantitative estimate of drug-likeness (QED) is 0.804. The lowest BCUT2D eigenvalue weighted by atomic mass is 10.1. The van der Waals surface area contributed by atoms with Gasteiger partial charge >= 0.3 is 0 Å². The number of carbonyl (C=O) groups excluding carboxylic acids is 2. The summed E-state index contributed by atoms with van der Waals surface area (Å²) in [5, 5.41) is 2.57. The summed E-state index contributed by atoms with van der Waals surface area (Å²) in [5.41, 5.74) is 5.81. The second kappa shape index (κ2) is 8.10. The zero-order valence-electron chi connectivity index (χ0n) is 13.3. The highest BCUT2D eigenvalue weighted by Gasteiger charge is 2.09. The Bertz CT molecular complexity index is 664. The van der Waals surface area contributed by atoms with Gasteiger partial charge in [0.05, 0.1) is 13.2 Å². The first-order valence-electron chi connectivity index (χ1n) is 7.35. The number of hydrogen-bond donors (Lipinski definition) is 2. The Morgan fingerprint density at radius 3 is 2.30 bits per heavy atom. The average Bonchev–Trinajstić information content (AvgIpc) is 2.52. The number of hydroxylamine groups is 1. The lowest BCUT2D eigenvalue weighted by molar-refractivity contribution is -0.133. The molecule has 0 heterocycles. The summed E-state index contributed by atoms with van der Waals surface area (Å²) < 4.78 is 0. The number of rotatable bonds is 6. The highest BCUT2D eigenvalue weighted by atomic mass is 16.6. The Hall–Kier alpha value is -2.66. The SMILES string of the molecule is Cc1cc(C)cc(C(=O)NCC(=O)NOCc2ccccc2)c1. The topological polar surface area (TPSA) is 67.4 Å². The van der Waals surface area contributed by atoms with Crippen LogP contribution in [0.1, 0.15) is 27.0 Å². The van der Waals surface area contributed by atoms with Gasteiger partial charge in [-0.25, -0.2) is 5.48 Å². The van der Waals surface area contributed by atoms with Gasteiger partial charge in [-0.2, -0.15) is 0 Å². The number of aryl methyl sites for hydroxylation is 2. The third kappa shape index (κ3) is 5.56. The highest BCUT2D eigenvalue weighted by molar-refractivity contribution is 5.96. The van der Waals surface area contributed by atoms with E-state index in [9.17, 15) is 9.59 Å². The van der Waals surface area contributed by atoms with Crippen LogP contribution in [-0.2, 0) is 16.2 Å². The smallest absolute Gasteiger partial charge is 0.262 e. The van der Waals surface area contributed by atoms with Gasteiger partial charge in [-0.05, 0) is 31.5 Å². The van der Waals surface area contributed by atoms with E-state index in [-0.39, 0.29) is 19.1 Å². The van der Waals surface area contributed by atoms with Gasteiger partial charge in [0, 0.05) is 5.56 Å². The van der Waals surface area contributed by atoms with E-state index in [2.05, 4.69) is 10.8 Å². The molecule has 120 valence electrons. The van der Waals surface area contributed by atoms with Crippen LogP contribution in [0.5, 0.6) is 0 Å². The molecular formula is C18H20N2O3. The number of amides is 2. The molecule has 0 fully saturated rings. The number of carbonyl (C=O) groups is 2. The molecule has 0 saturated carbocycles. The van der Waals surface area contributed by atoms with Crippen molar-refractivity contribution in [3.8, 4) is 0 Å². The maximum atomic E-state index is 12.0. The normalized spacial score (nSPS) is 10.2. The minimum atomic E-state index is -0.404. The first kappa shape index (κ1) is 16.7. The zero-order chi connectivity index (χ0) is 16.7. The van der Waals surface area contributed by atoms with Crippen molar-refractivity contribution in [2.45, 2.75) is 20.5 Å². The Labute approximate surface area is 135 Å². The standard InChI is InChI=1S/C18H20N2O3/c1-13-8-14(2)10-16(9-13)18(22)19-11-17(21)20-23-12-15-6-4-3-5-7-15/h3-10H,11-12H2,1-2H3,(H,19,22)(H,20,21). The molecule has 5 nitrogen and oxygen atoms in total. The van der Waals surface area contributed by atoms with E-state index in [1.807, 2.05) is 50.2 Å². The van der Waals surface area contributed by atoms with Crippen LogP contribution < -0.4 is 10.8 Å². The maximum absolute atomic E-state index is 12.0. The van der Waals surface area contributed by atoms with Crippen LogP contribution in [0.15, 0.2) is 48.5 Å². The summed E-state index contributed by atoms with van der Waals surface area (Å²) in [6, 6.07) is 15.0. The van der Waals surface area contributed by atoms with Crippen molar-refractivity contribution in [3.63, 3.8) is 0 Å². The van der Waals surface area contributed by atoms with Crippen molar-refractivity contribution in [1.82, 2.24) is 10.8 Å². The van der Waals surface area contributed by atoms with Gasteiger partial charge in [-0.3, -0.25) is 14.4 Å². The number of nitrogens with one attached hydrogen (secondary N) is 2. The van der Waals surface area contributed by atoms with Gasteiger partial charge in [0.25, 0.3) is 11.8 Å². The van der Waals surface area contributed by atoms with E-state index in [0.717, 1.165) is 16.7 Å². The number of hydrogen-bond acceptors (Lipinski definition) is 3. The summed E-state index contributed by atoms with van der Waals surface area (Å²) in [6.45, 7) is 3.99. The van der Waals surface area contributed by atoms with E-state index >= 15 is 0 Å². The van der Waals surface area contributed by atoms with E-state index in [1.54, 1.807) is 12.1 Å². The summed E-state index contributed by atoms with van der Waals surface area (Å²) in [6.07, 6.45) is 0. The van der Waals surface area contributed by atoms with E-state index in [1.165, 1.54) is 0 Å². The highest BCUT2D eigenvalue weighted by Crippen LogP contribution is 2.08. The molecule has 5 heteroatoms. The molecule has 0 aliphatic rings. The fourth-order valence-electron chi connectivity index (χ4n) is 2.18. The van der Waals surface area contributed by atoms with Crippen LogP contribution in [-0.4, -0.2) is 18.4 Å². The maximum Gasteiger partial charge on any atom is 0.262 e. The summed E-state index contributed by atoms with van der Waals surface area (Å²) in [5.74, 6) is -0.686. The molecule has 0 unspecified atom stereocenters. The Morgan fingerprint density at radius 1 is 1.00 bits per heavy atom. The molecule has 2 amide bonds. The molecule has 23 heavy (non-hydrogen) atoms. The van der Waals surface area contributed by atoms with Crippen molar-refractivity contribution in [2.24, 2.45) is 0 Å². The predicted octanol–water partition coefficient (Wildman–Crippen LogP) is 2.28. The van der Waals surface area contributed by atoms with Gasteiger partial charge in [0.1, 0.15) is 0 Å². The minimum absolute atomic E-state index is 0.138. The van der Waals surface area contributed by atoms with Gasteiger partial charge in [0.2, 0.25) is 0 Å². The van der Waals surface area contributed by atoms with Crippen LogP contribution in [0.25, 0.3) is 0 Å². The van der Waals surface area contributed by atoms with E-state index < -0.39 is 5.91 Å². The molecule has 2 N–H and O–H groups in total. The average molecular weight is 312 g/mol. The molecule has 2 aromatic rings. The van der Waals surface area contributed by atoms with Crippen LogP contribution in [0.3, 0.4) is 0 Å². The van der Waals surface area contributed by atoms with Crippen molar-refractivity contribution in [3.05, 3.63) is 70.8 Å². The van der Waals surface area contributed by atoms with Crippen molar-refractivity contribution in [1.29, 1.82) is 0 Å². The van der Waals surface area contributed by atoms with Crippen LogP contribution in [0, 0.1) is 13.8 Å². The van der Waals surface area contributed by atoms with Gasteiger partial charge < -0.3 is 5.32 Å². The second-order valence-corrected chi connectivity index (χ2v) is 5.36. The van der Waals surface area contributed by atoms with Crippen LogP contribution in [0.4, 0.5) is 0 Å².